The number of nitrogens with one attached hydrogen (secondary N) is 1. The van der Waals surface area contributed by atoms with Gasteiger partial charge in [-0.15, -0.1) is 0 Å². The van der Waals surface area contributed by atoms with E-state index in [0.717, 1.165) is 5.56 Å². The van der Waals surface area contributed by atoms with Crippen LogP contribution < -0.4 is 5.32 Å². The van der Waals surface area contributed by atoms with E-state index < -0.39 is 0 Å². The van der Waals surface area contributed by atoms with Crippen LogP contribution >= 0.6 is 0 Å². The van der Waals surface area contributed by atoms with E-state index in [4.69, 9.17) is 0 Å². The number of anilines is 1. The van der Waals surface area contributed by atoms with E-state index in [1.54, 1.807) is 12.1 Å². The summed E-state index contributed by atoms with van der Waals surface area (Å²) in [5, 5.41) is 12.5. The molecule has 0 aliphatic rings. The van der Waals surface area contributed by atoms with Crippen molar-refractivity contribution < 1.29 is 14.7 Å². The monoisotopic (exact) mass is 337 g/mol. The zero-order valence-corrected chi connectivity index (χ0v) is 15.0. The molecule has 25 heavy (non-hydrogen) atoms. The molecule has 0 unspecified atom stereocenters. The zero-order valence-electron chi connectivity index (χ0n) is 15.0. The molecule has 130 valence electrons. The normalized spacial score (nSPS) is 11.5. The van der Waals surface area contributed by atoms with Crippen LogP contribution in [0.5, 0.6) is 5.75 Å². The highest BCUT2D eigenvalue weighted by Gasteiger charge is 2.13. The number of amides is 1. The fourth-order valence-electron chi connectivity index (χ4n) is 2.37. The van der Waals surface area contributed by atoms with Crippen LogP contribution in [0.4, 0.5) is 5.69 Å². The number of carbonyl (C=O) groups is 2. The van der Waals surface area contributed by atoms with Gasteiger partial charge in [0.15, 0.2) is 5.78 Å². The first-order chi connectivity index (χ1) is 11.7. The van der Waals surface area contributed by atoms with Gasteiger partial charge < -0.3 is 10.4 Å². The smallest absolute Gasteiger partial charge is 0.221 e. The first-order valence-electron chi connectivity index (χ1n) is 8.10. The Balaban J connectivity index is 2.18. The number of aromatic hydroxyl groups is 1. The minimum Gasteiger partial charge on any atom is -0.507 e. The maximum atomic E-state index is 12.3. The molecule has 2 rings (SSSR count). The van der Waals surface area contributed by atoms with Crippen LogP contribution in [0.2, 0.25) is 0 Å². The van der Waals surface area contributed by atoms with Gasteiger partial charge in [-0.1, -0.05) is 51.1 Å². The lowest BCUT2D eigenvalue weighted by atomic mass is 9.87. The third-order valence-electron chi connectivity index (χ3n) is 3.79. The molecule has 0 aliphatic carbocycles. The van der Waals surface area contributed by atoms with Gasteiger partial charge in [0.1, 0.15) is 5.75 Å². The quantitative estimate of drug-likeness (QED) is 0.489. The number of allylic oxidation sites excluding steroid dienone is 1. The van der Waals surface area contributed by atoms with Gasteiger partial charge in [0.2, 0.25) is 5.91 Å². The van der Waals surface area contributed by atoms with Crippen molar-refractivity contribution in [2.45, 2.75) is 33.1 Å². The molecule has 0 radical (unpaired) electrons. The van der Waals surface area contributed by atoms with Crippen molar-refractivity contribution in [2.24, 2.45) is 0 Å². The van der Waals surface area contributed by atoms with Crippen LogP contribution in [-0.4, -0.2) is 16.8 Å². The van der Waals surface area contributed by atoms with Crippen LogP contribution in [0, 0.1) is 0 Å². The van der Waals surface area contributed by atoms with Crippen molar-refractivity contribution >= 4 is 23.5 Å². The van der Waals surface area contributed by atoms with Gasteiger partial charge >= 0.3 is 0 Å². The summed E-state index contributed by atoms with van der Waals surface area (Å²) in [6.45, 7) is 7.82. The summed E-state index contributed by atoms with van der Waals surface area (Å²) in [5.41, 5.74) is 2.81. The van der Waals surface area contributed by atoms with Crippen molar-refractivity contribution in [2.75, 3.05) is 5.32 Å². The minimum atomic E-state index is -0.329. The second kappa shape index (κ2) is 7.34. The van der Waals surface area contributed by atoms with Gasteiger partial charge in [-0.3, -0.25) is 9.59 Å². The first kappa shape index (κ1) is 18.5. The number of phenolic OH excluding ortho intramolecular Hbond substituents is 1. The Hall–Kier alpha value is -2.88. The van der Waals surface area contributed by atoms with Crippen molar-refractivity contribution in [3.63, 3.8) is 0 Å². The van der Waals surface area contributed by atoms with Crippen LogP contribution in [0.25, 0.3) is 6.08 Å². The Kier molecular flexibility index (Phi) is 5.42. The molecule has 0 fully saturated rings. The molecule has 0 aliphatic heterocycles. The second-order valence-corrected chi connectivity index (χ2v) is 6.98. The average Bonchev–Trinajstić information content (AvgIpc) is 2.53. The van der Waals surface area contributed by atoms with E-state index in [2.05, 4.69) is 26.1 Å². The lowest BCUT2D eigenvalue weighted by Gasteiger charge is -2.18. The summed E-state index contributed by atoms with van der Waals surface area (Å²) >= 11 is 0. The van der Waals surface area contributed by atoms with Crippen LogP contribution in [0.1, 0.15) is 49.2 Å². The molecule has 2 N–H and O–H groups in total. The molecular formula is C21H23NO3. The van der Waals surface area contributed by atoms with Gasteiger partial charge in [-0.05, 0) is 40.8 Å². The summed E-state index contributed by atoms with van der Waals surface area (Å²) in [5.74, 6) is -0.685. The zero-order chi connectivity index (χ0) is 18.6. The maximum absolute atomic E-state index is 12.3. The van der Waals surface area contributed by atoms with Crippen molar-refractivity contribution in [3.8, 4) is 5.75 Å². The molecule has 0 saturated carbocycles. The predicted molar refractivity (Wildman–Crippen MR) is 101 cm³/mol. The highest BCUT2D eigenvalue weighted by molar-refractivity contribution is 6.09. The van der Waals surface area contributed by atoms with Gasteiger partial charge in [-0.2, -0.15) is 0 Å². The molecule has 4 heteroatoms. The molecule has 4 nitrogen and oxygen atoms in total. The summed E-state index contributed by atoms with van der Waals surface area (Å²) in [4.78, 5) is 23.5. The number of hydrogen-bond donors (Lipinski definition) is 2. The Morgan fingerprint density at radius 1 is 1.04 bits per heavy atom. The number of rotatable bonds is 4. The molecule has 0 spiro atoms. The SMILES string of the molecule is CC(=O)Nc1ccc(O)c(C(=O)/C=C/c2ccc(C(C)(C)C)cc2)c1. The number of ketones is 1. The maximum Gasteiger partial charge on any atom is 0.221 e. The van der Waals surface area contributed by atoms with Crippen LogP contribution in [0.15, 0.2) is 48.5 Å². The molecule has 0 heterocycles. The molecule has 1 amide bonds. The van der Waals surface area contributed by atoms with Gasteiger partial charge in [-0.25, -0.2) is 0 Å². The lowest BCUT2D eigenvalue weighted by molar-refractivity contribution is -0.114. The summed E-state index contributed by atoms with van der Waals surface area (Å²) in [7, 11) is 0. The molecule has 0 atom stereocenters. The highest BCUT2D eigenvalue weighted by atomic mass is 16.3. The van der Waals surface area contributed by atoms with E-state index in [-0.39, 0.29) is 28.4 Å². The Bertz CT molecular complexity index is 812. The van der Waals surface area contributed by atoms with Crippen molar-refractivity contribution in [1.29, 1.82) is 0 Å². The second-order valence-electron chi connectivity index (χ2n) is 6.98. The third kappa shape index (κ3) is 5.05. The average molecular weight is 337 g/mol. The summed E-state index contributed by atoms with van der Waals surface area (Å²) in [6, 6.07) is 12.4. The predicted octanol–water partition coefficient (Wildman–Crippen LogP) is 4.54. The third-order valence-corrected chi connectivity index (χ3v) is 3.79. The minimum absolute atomic E-state index is 0.0774. The Morgan fingerprint density at radius 3 is 2.24 bits per heavy atom. The van der Waals surface area contributed by atoms with E-state index >= 15 is 0 Å². The van der Waals surface area contributed by atoms with E-state index in [1.807, 2.05) is 24.3 Å². The summed E-state index contributed by atoms with van der Waals surface area (Å²) in [6.07, 6.45) is 3.12. The van der Waals surface area contributed by atoms with Crippen LogP contribution in [0.3, 0.4) is 0 Å². The Morgan fingerprint density at radius 2 is 1.68 bits per heavy atom. The standard InChI is InChI=1S/C21H23NO3/c1-14(23)22-17-10-12-20(25)18(13-17)19(24)11-7-15-5-8-16(9-6-15)21(2,3)4/h5-13,25H,1-4H3,(H,22,23)/b11-7+. The van der Waals surface area contributed by atoms with Gasteiger partial charge in [0.25, 0.3) is 0 Å². The number of carbonyl (C=O) groups excluding carboxylic acids is 2. The van der Waals surface area contributed by atoms with Gasteiger partial charge in [0.05, 0.1) is 5.56 Å². The Labute approximate surface area is 148 Å². The highest BCUT2D eigenvalue weighted by Crippen LogP contribution is 2.24. The summed E-state index contributed by atoms with van der Waals surface area (Å²) < 4.78 is 0. The molecule has 0 saturated heterocycles. The fourth-order valence-corrected chi connectivity index (χ4v) is 2.37. The lowest BCUT2D eigenvalue weighted by Crippen LogP contribution is -2.10. The number of hydrogen-bond acceptors (Lipinski definition) is 3. The molecule has 0 bridgehead atoms. The topological polar surface area (TPSA) is 66.4 Å². The first-order valence-corrected chi connectivity index (χ1v) is 8.10. The molecule has 2 aromatic rings. The van der Waals surface area contributed by atoms with E-state index in [9.17, 15) is 14.7 Å². The van der Waals surface area contributed by atoms with Crippen LogP contribution in [-0.2, 0) is 10.2 Å². The molecular weight excluding hydrogens is 314 g/mol. The van der Waals surface area contributed by atoms with Crippen molar-refractivity contribution in [3.05, 3.63) is 65.2 Å². The van der Waals surface area contributed by atoms with E-state index in [1.165, 1.54) is 30.7 Å². The largest absolute Gasteiger partial charge is 0.507 e. The fraction of sp³-hybridized carbons (Fsp3) is 0.238. The van der Waals surface area contributed by atoms with E-state index in [0.29, 0.717) is 5.69 Å². The molecule has 0 aromatic heterocycles. The van der Waals surface area contributed by atoms with Gasteiger partial charge in [0, 0.05) is 12.6 Å². The van der Waals surface area contributed by atoms with Crippen molar-refractivity contribution in [1.82, 2.24) is 0 Å². The number of benzene rings is 2. The number of phenols is 1. The molecule has 2 aromatic carbocycles.